The number of carbonyl (C=O) groups is 1. The summed E-state index contributed by atoms with van der Waals surface area (Å²) in [5.74, 6) is 1.31. The van der Waals surface area contributed by atoms with E-state index in [9.17, 15) is 4.79 Å². The van der Waals surface area contributed by atoms with E-state index in [1.54, 1.807) is 6.26 Å². The molecule has 1 aromatic heterocycles. The van der Waals surface area contributed by atoms with Crippen LogP contribution in [0.25, 0.3) is 0 Å². The summed E-state index contributed by atoms with van der Waals surface area (Å²) in [6, 6.07) is 11.9. The van der Waals surface area contributed by atoms with Crippen LogP contribution in [0.1, 0.15) is 36.1 Å². The molecule has 116 valence electrons. The Morgan fingerprint density at radius 3 is 2.82 bits per heavy atom. The van der Waals surface area contributed by atoms with Gasteiger partial charge in [0.05, 0.1) is 12.9 Å². The largest absolute Gasteiger partial charge is 0.469 e. The lowest BCUT2D eigenvalue weighted by Crippen LogP contribution is -2.25. The van der Waals surface area contributed by atoms with Crippen LogP contribution in [0.4, 0.5) is 0 Å². The fourth-order valence-corrected chi connectivity index (χ4v) is 2.70. The van der Waals surface area contributed by atoms with E-state index < -0.39 is 0 Å². The first-order valence-electron chi connectivity index (χ1n) is 7.75. The van der Waals surface area contributed by atoms with Crippen molar-refractivity contribution in [3.8, 4) is 0 Å². The van der Waals surface area contributed by atoms with Gasteiger partial charge in [0, 0.05) is 25.0 Å². The Morgan fingerprint density at radius 1 is 1.27 bits per heavy atom. The van der Waals surface area contributed by atoms with Crippen LogP contribution in [0, 0.1) is 5.92 Å². The van der Waals surface area contributed by atoms with Gasteiger partial charge in [-0.3, -0.25) is 4.79 Å². The van der Waals surface area contributed by atoms with Gasteiger partial charge in [0.15, 0.2) is 0 Å². The fraction of sp³-hybridized carbons (Fsp3) is 0.389. The van der Waals surface area contributed by atoms with Crippen molar-refractivity contribution in [3.05, 3.63) is 59.5 Å². The molecular formula is C18H21NO3. The topological polar surface area (TPSA) is 51.5 Å². The summed E-state index contributed by atoms with van der Waals surface area (Å²) in [6.07, 6.45) is 2.53. The van der Waals surface area contributed by atoms with Crippen molar-refractivity contribution in [1.29, 1.82) is 0 Å². The molecule has 0 saturated heterocycles. The van der Waals surface area contributed by atoms with E-state index in [1.807, 2.05) is 43.3 Å². The number of hydrogen-bond acceptors (Lipinski definition) is 3. The molecule has 1 aliphatic carbocycles. The molecule has 2 aromatic rings. The summed E-state index contributed by atoms with van der Waals surface area (Å²) in [4.78, 5) is 12.2. The Bertz CT molecular complexity index is 621. The van der Waals surface area contributed by atoms with Crippen LogP contribution in [0.2, 0.25) is 0 Å². The normalized spacial score (nSPS) is 19.9. The zero-order valence-electron chi connectivity index (χ0n) is 12.7. The van der Waals surface area contributed by atoms with Gasteiger partial charge in [-0.05, 0) is 36.6 Å². The first-order chi connectivity index (χ1) is 10.8. The first-order valence-corrected chi connectivity index (χ1v) is 7.75. The molecule has 1 aliphatic rings. The number of rotatable bonds is 7. The maximum atomic E-state index is 12.2. The molecule has 0 bridgehead atoms. The third-order valence-corrected chi connectivity index (χ3v) is 4.07. The minimum absolute atomic E-state index is 0.0465. The Kier molecular flexibility index (Phi) is 4.59. The highest BCUT2D eigenvalue weighted by molar-refractivity contribution is 5.82. The summed E-state index contributed by atoms with van der Waals surface area (Å²) in [7, 11) is 0. The third kappa shape index (κ3) is 3.39. The molecular weight excluding hydrogens is 278 g/mol. The van der Waals surface area contributed by atoms with Crippen LogP contribution < -0.4 is 5.32 Å². The molecule has 4 heteroatoms. The number of amides is 1. The van der Waals surface area contributed by atoms with E-state index in [0.717, 1.165) is 23.3 Å². The minimum atomic E-state index is 0.0465. The number of carbonyl (C=O) groups excluding carboxylic acids is 1. The zero-order chi connectivity index (χ0) is 15.4. The van der Waals surface area contributed by atoms with Crippen LogP contribution in [0.5, 0.6) is 0 Å². The SMILES string of the molecule is CCOCc1ccccc1CNC(=O)C1CC1c1ccco1. The predicted octanol–water partition coefficient (Wildman–Crippen LogP) is 3.24. The van der Waals surface area contributed by atoms with Crippen molar-refractivity contribution in [2.45, 2.75) is 32.4 Å². The average molecular weight is 299 g/mol. The molecule has 1 heterocycles. The van der Waals surface area contributed by atoms with Gasteiger partial charge in [-0.1, -0.05) is 24.3 Å². The Hall–Kier alpha value is -2.07. The lowest BCUT2D eigenvalue weighted by molar-refractivity contribution is -0.122. The Balaban J connectivity index is 1.54. The average Bonchev–Trinajstić information content (AvgIpc) is 3.17. The fourth-order valence-electron chi connectivity index (χ4n) is 2.70. The van der Waals surface area contributed by atoms with E-state index in [2.05, 4.69) is 5.32 Å². The van der Waals surface area contributed by atoms with Gasteiger partial charge in [0.1, 0.15) is 5.76 Å². The summed E-state index contributed by atoms with van der Waals surface area (Å²) in [5.41, 5.74) is 2.24. The van der Waals surface area contributed by atoms with Gasteiger partial charge in [0.2, 0.25) is 5.91 Å². The van der Waals surface area contributed by atoms with E-state index in [1.165, 1.54) is 0 Å². The second-order valence-corrected chi connectivity index (χ2v) is 5.59. The van der Waals surface area contributed by atoms with E-state index in [-0.39, 0.29) is 17.7 Å². The van der Waals surface area contributed by atoms with Crippen molar-refractivity contribution in [1.82, 2.24) is 5.32 Å². The molecule has 3 rings (SSSR count). The number of ether oxygens (including phenoxy) is 1. The molecule has 2 unspecified atom stereocenters. The highest BCUT2D eigenvalue weighted by Crippen LogP contribution is 2.47. The maximum absolute atomic E-state index is 12.2. The van der Waals surface area contributed by atoms with Crippen molar-refractivity contribution >= 4 is 5.91 Å². The van der Waals surface area contributed by atoms with Crippen LogP contribution in [0.3, 0.4) is 0 Å². The molecule has 1 amide bonds. The quantitative estimate of drug-likeness (QED) is 0.854. The van der Waals surface area contributed by atoms with E-state index >= 15 is 0 Å². The van der Waals surface area contributed by atoms with Crippen LogP contribution in [0.15, 0.2) is 47.1 Å². The molecule has 1 N–H and O–H groups in total. The number of benzene rings is 1. The van der Waals surface area contributed by atoms with Gasteiger partial charge >= 0.3 is 0 Å². The maximum Gasteiger partial charge on any atom is 0.224 e. The van der Waals surface area contributed by atoms with Crippen LogP contribution in [-0.2, 0) is 22.7 Å². The lowest BCUT2D eigenvalue weighted by atomic mass is 10.1. The van der Waals surface area contributed by atoms with Gasteiger partial charge in [-0.2, -0.15) is 0 Å². The molecule has 4 nitrogen and oxygen atoms in total. The lowest BCUT2D eigenvalue weighted by Gasteiger charge is -2.10. The van der Waals surface area contributed by atoms with Gasteiger partial charge < -0.3 is 14.5 Å². The third-order valence-electron chi connectivity index (χ3n) is 4.07. The van der Waals surface area contributed by atoms with Crippen molar-refractivity contribution in [3.63, 3.8) is 0 Å². The highest BCUT2D eigenvalue weighted by atomic mass is 16.5. The van der Waals surface area contributed by atoms with Gasteiger partial charge in [-0.15, -0.1) is 0 Å². The number of hydrogen-bond donors (Lipinski definition) is 1. The predicted molar refractivity (Wildman–Crippen MR) is 83.2 cm³/mol. The molecule has 1 saturated carbocycles. The minimum Gasteiger partial charge on any atom is -0.469 e. The van der Waals surface area contributed by atoms with Crippen LogP contribution >= 0.6 is 0 Å². The summed E-state index contributed by atoms with van der Waals surface area (Å²) >= 11 is 0. The summed E-state index contributed by atoms with van der Waals surface area (Å²) in [5, 5.41) is 3.03. The van der Waals surface area contributed by atoms with Crippen molar-refractivity contribution in [2.24, 2.45) is 5.92 Å². The molecule has 22 heavy (non-hydrogen) atoms. The van der Waals surface area contributed by atoms with Crippen molar-refractivity contribution < 1.29 is 13.9 Å². The van der Waals surface area contributed by atoms with Crippen LogP contribution in [-0.4, -0.2) is 12.5 Å². The Labute approximate surface area is 130 Å². The molecule has 0 aliphatic heterocycles. The first kappa shape index (κ1) is 14.9. The molecule has 0 radical (unpaired) electrons. The summed E-state index contributed by atoms with van der Waals surface area (Å²) < 4.78 is 10.8. The number of furan rings is 1. The Morgan fingerprint density at radius 2 is 2.09 bits per heavy atom. The van der Waals surface area contributed by atoms with E-state index in [4.69, 9.17) is 9.15 Å². The monoisotopic (exact) mass is 299 g/mol. The molecule has 2 atom stereocenters. The second-order valence-electron chi connectivity index (χ2n) is 5.59. The highest BCUT2D eigenvalue weighted by Gasteiger charge is 2.45. The second kappa shape index (κ2) is 6.79. The van der Waals surface area contributed by atoms with Gasteiger partial charge in [0.25, 0.3) is 0 Å². The summed E-state index contributed by atoms with van der Waals surface area (Å²) in [6.45, 7) is 3.80. The zero-order valence-corrected chi connectivity index (χ0v) is 12.7. The standard InChI is InChI=1S/C18H21NO3/c1-2-21-12-14-7-4-3-6-13(14)11-19-18(20)16-10-15(16)17-8-5-9-22-17/h3-9,15-16H,2,10-12H2,1H3,(H,19,20). The molecule has 0 spiro atoms. The van der Waals surface area contributed by atoms with Crippen molar-refractivity contribution in [2.75, 3.05) is 6.61 Å². The van der Waals surface area contributed by atoms with Gasteiger partial charge in [-0.25, -0.2) is 0 Å². The number of nitrogens with one attached hydrogen (secondary N) is 1. The van der Waals surface area contributed by atoms with E-state index in [0.29, 0.717) is 19.8 Å². The molecule has 1 fully saturated rings. The molecule has 1 aromatic carbocycles. The smallest absolute Gasteiger partial charge is 0.224 e.